The van der Waals surface area contributed by atoms with E-state index in [4.69, 9.17) is 0 Å². The average molecular weight is 259 g/mol. The van der Waals surface area contributed by atoms with E-state index >= 15 is 0 Å². The number of carboxylic acids is 1. The maximum Gasteiger partial charge on any atom is 0.309 e. The van der Waals surface area contributed by atoms with Crippen molar-refractivity contribution in [2.75, 3.05) is 0 Å². The standard InChI is InChI=1S/C16H21NO2/c1-5-17-10-11(2)13-8-12(6-7-14(13)17)9-16(3,4)15(18)19/h6-8,10H,5,9H2,1-4H3,(H,18,19). The second-order valence-corrected chi connectivity index (χ2v) is 5.82. The van der Waals surface area contributed by atoms with Gasteiger partial charge in [-0.25, -0.2) is 0 Å². The molecule has 2 aromatic rings. The predicted octanol–water partition coefficient (Wildman–Crippen LogP) is 3.62. The van der Waals surface area contributed by atoms with Crippen molar-refractivity contribution in [2.45, 2.75) is 40.7 Å². The van der Waals surface area contributed by atoms with Crippen molar-refractivity contribution in [1.82, 2.24) is 4.57 Å². The van der Waals surface area contributed by atoms with Crippen molar-refractivity contribution in [3.05, 3.63) is 35.5 Å². The molecule has 0 aliphatic heterocycles. The minimum absolute atomic E-state index is 0.551. The third-order valence-electron chi connectivity index (χ3n) is 3.71. The Kier molecular flexibility index (Phi) is 3.40. The lowest BCUT2D eigenvalue weighted by molar-refractivity contribution is -0.146. The van der Waals surface area contributed by atoms with Gasteiger partial charge in [0.15, 0.2) is 0 Å². The Morgan fingerprint density at radius 2 is 2.05 bits per heavy atom. The number of aliphatic carboxylic acids is 1. The summed E-state index contributed by atoms with van der Waals surface area (Å²) in [5.41, 5.74) is 2.81. The zero-order valence-electron chi connectivity index (χ0n) is 12.0. The number of hydrogen-bond donors (Lipinski definition) is 1. The van der Waals surface area contributed by atoms with Crippen molar-refractivity contribution in [3.63, 3.8) is 0 Å². The van der Waals surface area contributed by atoms with Crippen LogP contribution in [-0.4, -0.2) is 15.6 Å². The molecule has 0 saturated carbocycles. The van der Waals surface area contributed by atoms with E-state index in [0.29, 0.717) is 6.42 Å². The van der Waals surface area contributed by atoms with Crippen molar-refractivity contribution in [2.24, 2.45) is 5.41 Å². The SMILES string of the molecule is CCn1cc(C)c2cc(CC(C)(C)C(=O)O)ccc21. The molecular weight excluding hydrogens is 238 g/mol. The maximum absolute atomic E-state index is 11.2. The van der Waals surface area contributed by atoms with Gasteiger partial charge < -0.3 is 9.67 Å². The van der Waals surface area contributed by atoms with Gasteiger partial charge in [0.1, 0.15) is 0 Å². The first-order valence-electron chi connectivity index (χ1n) is 6.67. The minimum atomic E-state index is -0.754. The van der Waals surface area contributed by atoms with Crippen molar-refractivity contribution < 1.29 is 9.90 Å². The van der Waals surface area contributed by atoms with Gasteiger partial charge in [0.05, 0.1) is 5.41 Å². The number of fused-ring (bicyclic) bond motifs is 1. The van der Waals surface area contributed by atoms with Crippen molar-refractivity contribution in [3.8, 4) is 0 Å². The number of benzene rings is 1. The topological polar surface area (TPSA) is 42.2 Å². The Labute approximate surface area is 113 Å². The van der Waals surface area contributed by atoms with Crippen LogP contribution in [-0.2, 0) is 17.8 Å². The molecule has 1 aromatic heterocycles. The van der Waals surface area contributed by atoms with Crippen LogP contribution < -0.4 is 0 Å². The van der Waals surface area contributed by atoms with Crippen LogP contribution in [0.5, 0.6) is 0 Å². The van der Waals surface area contributed by atoms with Gasteiger partial charge in [-0.1, -0.05) is 6.07 Å². The van der Waals surface area contributed by atoms with Gasteiger partial charge in [-0.05, 0) is 57.4 Å². The fourth-order valence-electron chi connectivity index (χ4n) is 2.48. The van der Waals surface area contributed by atoms with E-state index in [0.717, 1.165) is 12.1 Å². The smallest absolute Gasteiger partial charge is 0.309 e. The molecule has 0 radical (unpaired) electrons. The first-order valence-corrected chi connectivity index (χ1v) is 6.67. The van der Waals surface area contributed by atoms with Gasteiger partial charge in [0.25, 0.3) is 0 Å². The molecule has 0 aliphatic carbocycles. The molecule has 0 aliphatic rings. The number of rotatable bonds is 4. The van der Waals surface area contributed by atoms with Crippen LogP contribution >= 0.6 is 0 Å². The summed E-state index contributed by atoms with van der Waals surface area (Å²) in [4.78, 5) is 11.2. The Hall–Kier alpha value is -1.77. The van der Waals surface area contributed by atoms with Crippen LogP contribution in [0.1, 0.15) is 31.9 Å². The molecule has 0 unspecified atom stereocenters. The molecule has 1 heterocycles. The van der Waals surface area contributed by atoms with Crippen LogP contribution in [0.3, 0.4) is 0 Å². The van der Waals surface area contributed by atoms with E-state index in [1.165, 1.54) is 16.5 Å². The zero-order valence-corrected chi connectivity index (χ0v) is 12.0. The third-order valence-corrected chi connectivity index (χ3v) is 3.71. The summed E-state index contributed by atoms with van der Waals surface area (Å²) in [5.74, 6) is -0.754. The second kappa shape index (κ2) is 4.72. The van der Waals surface area contributed by atoms with E-state index in [1.54, 1.807) is 13.8 Å². The molecule has 0 amide bonds. The lowest BCUT2D eigenvalue weighted by Gasteiger charge is -2.19. The van der Waals surface area contributed by atoms with Gasteiger partial charge in [-0.2, -0.15) is 0 Å². The fourth-order valence-corrected chi connectivity index (χ4v) is 2.48. The number of hydrogen-bond acceptors (Lipinski definition) is 1. The average Bonchev–Trinajstić information content (AvgIpc) is 2.65. The van der Waals surface area contributed by atoms with Crippen LogP contribution in [0.4, 0.5) is 0 Å². The van der Waals surface area contributed by atoms with Crippen molar-refractivity contribution >= 4 is 16.9 Å². The third kappa shape index (κ3) is 2.50. The van der Waals surface area contributed by atoms with E-state index in [1.807, 2.05) is 6.07 Å². The normalized spacial score (nSPS) is 12.0. The number of carbonyl (C=O) groups is 1. The summed E-state index contributed by atoms with van der Waals surface area (Å²) in [6.45, 7) is 8.71. The van der Waals surface area contributed by atoms with Crippen molar-refractivity contribution in [1.29, 1.82) is 0 Å². The van der Waals surface area contributed by atoms with E-state index in [2.05, 4.69) is 36.7 Å². The van der Waals surface area contributed by atoms with E-state index in [-0.39, 0.29) is 0 Å². The Morgan fingerprint density at radius 1 is 1.37 bits per heavy atom. The van der Waals surface area contributed by atoms with Gasteiger partial charge in [-0.3, -0.25) is 4.79 Å². The Bertz CT molecular complexity index is 623. The maximum atomic E-state index is 11.2. The van der Waals surface area contributed by atoms with E-state index < -0.39 is 11.4 Å². The molecule has 0 bridgehead atoms. The summed E-state index contributed by atoms with van der Waals surface area (Å²) in [6, 6.07) is 6.26. The van der Waals surface area contributed by atoms with Crippen LogP contribution in [0.15, 0.2) is 24.4 Å². The van der Waals surface area contributed by atoms with Gasteiger partial charge in [-0.15, -0.1) is 0 Å². The second-order valence-electron chi connectivity index (χ2n) is 5.82. The molecule has 1 N–H and O–H groups in total. The Morgan fingerprint density at radius 3 is 2.63 bits per heavy atom. The molecule has 0 atom stereocenters. The lowest BCUT2D eigenvalue weighted by atomic mass is 9.85. The van der Waals surface area contributed by atoms with Gasteiger partial charge >= 0.3 is 5.97 Å². The molecule has 3 nitrogen and oxygen atoms in total. The summed E-state index contributed by atoms with van der Waals surface area (Å²) >= 11 is 0. The summed E-state index contributed by atoms with van der Waals surface area (Å²) in [5, 5.41) is 10.4. The highest BCUT2D eigenvalue weighted by Crippen LogP contribution is 2.27. The van der Waals surface area contributed by atoms with Gasteiger partial charge in [0, 0.05) is 23.6 Å². The van der Waals surface area contributed by atoms with Gasteiger partial charge in [0.2, 0.25) is 0 Å². The number of aryl methyl sites for hydroxylation is 2. The highest BCUT2D eigenvalue weighted by molar-refractivity contribution is 5.84. The summed E-state index contributed by atoms with van der Waals surface area (Å²) < 4.78 is 2.22. The molecule has 0 saturated heterocycles. The molecular formula is C16H21NO2. The van der Waals surface area contributed by atoms with Crippen LogP contribution in [0.2, 0.25) is 0 Å². The van der Waals surface area contributed by atoms with Crippen LogP contribution in [0.25, 0.3) is 10.9 Å². The first-order chi connectivity index (χ1) is 8.85. The fraction of sp³-hybridized carbons (Fsp3) is 0.438. The number of carboxylic acid groups (broad SMARTS) is 1. The summed E-state index contributed by atoms with van der Waals surface area (Å²) in [6.07, 6.45) is 2.70. The molecule has 2 rings (SSSR count). The van der Waals surface area contributed by atoms with Crippen LogP contribution in [0, 0.1) is 12.3 Å². The number of nitrogens with zero attached hydrogens (tertiary/aromatic N) is 1. The number of aromatic nitrogens is 1. The van der Waals surface area contributed by atoms with E-state index in [9.17, 15) is 9.90 Å². The molecule has 19 heavy (non-hydrogen) atoms. The highest BCUT2D eigenvalue weighted by atomic mass is 16.4. The summed E-state index contributed by atoms with van der Waals surface area (Å²) in [7, 11) is 0. The molecule has 0 fully saturated rings. The molecule has 3 heteroatoms. The quantitative estimate of drug-likeness (QED) is 0.911. The zero-order chi connectivity index (χ0) is 14.2. The lowest BCUT2D eigenvalue weighted by Crippen LogP contribution is -2.26. The first kappa shape index (κ1) is 13.7. The molecule has 0 spiro atoms. The monoisotopic (exact) mass is 259 g/mol. The molecule has 1 aromatic carbocycles. The highest BCUT2D eigenvalue weighted by Gasteiger charge is 2.27. The minimum Gasteiger partial charge on any atom is -0.481 e. The molecule has 102 valence electrons. The predicted molar refractivity (Wildman–Crippen MR) is 77.5 cm³/mol. The Balaban J connectivity index is 2.42. The largest absolute Gasteiger partial charge is 0.481 e.